The van der Waals surface area contributed by atoms with Gasteiger partial charge in [0, 0.05) is 44.1 Å². The number of nitrogens with one attached hydrogen (secondary N) is 1. The van der Waals surface area contributed by atoms with Gasteiger partial charge in [0.05, 0.1) is 16.1 Å². The van der Waals surface area contributed by atoms with Crippen molar-refractivity contribution in [3.63, 3.8) is 0 Å². The SMILES string of the molecule is C[C@H]1CN(c2cn(S(=O)(=O)c3cccc(OC(F)F)c3)c3cccnc23)CCN1.O=CO. The van der Waals surface area contributed by atoms with Crippen LogP contribution in [0.3, 0.4) is 0 Å². The summed E-state index contributed by atoms with van der Waals surface area (Å²) in [5.41, 5.74) is 1.72. The number of hydrogen-bond acceptors (Lipinski definition) is 7. The Morgan fingerprint density at radius 3 is 2.75 bits per heavy atom. The van der Waals surface area contributed by atoms with Crippen LogP contribution in [0.5, 0.6) is 5.75 Å². The number of hydrogen-bond donors (Lipinski definition) is 2. The number of rotatable bonds is 5. The number of nitrogens with zero attached hydrogens (tertiary/aromatic N) is 3. The van der Waals surface area contributed by atoms with Crippen molar-refractivity contribution in [2.24, 2.45) is 0 Å². The molecule has 1 atom stereocenters. The zero-order chi connectivity index (χ0) is 23.3. The molecule has 0 bridgehead atoms. The van der Waals surface area contributed by atoms with Gasteiger partial charge in [-0.15, -0.1) is 0 Å². The van der Waals surface area contributed by atoms with Crippen LogP contribution in [0.2, 0.25) is 0 Å². The smallest absolute Gasteiger partial charge is 0.387 e. The van der Waals surface area contributed by atoms with E-state index in [2.05, 4.69) is 26.9 Å². The van der Waals surface area contributed by atoms with Gasteiger partial charge in [-0.1, -0.05) is 6.07 Å². The van der Waals surface area contributed by atoms with E-state index in [4.69, 9.17) is 9.90 Å². The second-order valence-corrected chi connectivity index (χ2v) is 8.76. The molecule has 1 saturated heterocycles. The van der Waals surface area contributed by atoms with Gasteiger partial charge in [-0.25, -0.2) is 12.4 Å². The number of halogens is 2. The molecule has 1 aliphatic heterocycles. The molecular weight excluding hydrogens is 446 g/mol. The van der Waals surface area contributed by atoms with Crippen LogP contribution < -0.4 is 15.0 Å². The van der Waals surface area contributed by atoms with Crippen molar-refractivity contribution >= 4 is 33.2 Å². The number of anilines is 1. The van der Waals surface area contributed by atoms with Crippen LogP contribution in [0, 0.1) is 0 Å². The number of aromatic nitrogens is 2. The Kier molecular flexibility index (Phi) is 7.26. The Hall–Kier alpha value is -3.25. The van der Waals surface area contributed by atoms with Gasteiger partial charge in [-0.05, 0) is 31.2 Å². The van der Waals surface area contributed by atoms with E-state index in [-0.39, 0.29) is 23.2 Å². The van der Waals surface area contributed by atoms with E-state index >= 15 is 0 Å². The fourth-order valence-corrected chi connectivity index (χ4v) is 4.91. The van der Waals surface area contributed by atoms with Crippen LogP contribution in [0.15, 0.2) is 53.7 Å². The van der Waals surface area contributed by atoms with Crippen molar-refractivity contribution in [1.29, 1.82) is 0 Å². The zero-order valence-electron chi connectivity index (χ0n) is 17.1. The summed E-state index contributed by atoms with van der Waals surface area (Å²) < 4.78 is 57.2. The maximum absolute atomic E-state index is 13.3. The van der Waals surface area contributed by atoms with E-state index in [1.807, 2.05) is 0 Å². The fraction of sp³-hybridized carbons (Fsp3) is 0.300. The first-order valence-electron chi connectivity index (χ1n) is 9.60. The highest BCUT2D eigenvalue weighted by Gasteiger charge is 2.26. The van der Waals surface area contributed by atoms with Gasteiger partial charge in [0.2, 0.25) is 0 Å². The Labute approximate surface area is 183 Å². The van der Waals surface area contributed by atoms with E-state index in [9.17, 15) is 17.2 Å². The predicted molar refractivity (Wildman–Crippen MR) is 114 cm³/mol. The van der Waals surface area contributed by atoms with Crippen LogP contribution in [0.25, 0.3) is 11.0 Å². The number of piperazine rings is 1. The van der Waals surface area contributed by atoms with E-state index in [0.29, 0.717) is 17.6 Å². The lowest BCUT2D eigenvalue weighted by Gasteiger charge is -2.32. The molecule has 0 unspecified atom stereocenters. The monoisotopic (exact) mass is 468 g/mol. The minimum absolute atomic E-state index is 0.142. The van der Waals surface area contributed by atoms with Crippen LogP contribution in [0.4, 0.5) is 14.5 Å². The molecule has 1 fully saturated rings. The first-order chi connectivity index (χ1) is 15.3. The van der Waals surface area contributed by atoms with Gasteiger partial charge in [-0.3, -0.25) is 9.78 Å². The Morgan fingerprint density at radius 2 is 2.06 bits per heavy atom. The lowest BCUT2D eigenvalue weighted by Crippen LogP contribution is -2.49. The standard InChI is InChI=1S/C19H20F2N4O3S.CH2O2/c1-13-11-24(9-8-22-13)17-12-25(16-6-3-7-23-18(16)17)29(26,27)15-5-2-4-14(10-15)28-19(20)21;2-1-3/h2-7,10,12-13,19,22H,8-9,11H2,1H3;1H,(H,2,3)/t13-;/m0./s1. The molecule has 0 spiro atoms. The van der Waals surface area contributed by atoms with Crippen LogP contribution >= 0.6 is 0 Å². The van der Waals surface area contributed by atoms with Crippen LogP contribution in [0.1, 0.15) is 6.92 Å². The summed E-state index contributed by atoms with van der Waals surface area (Å²) >= 11 is 0. The van der Waals surface area contributed by atoms with Gasteiger partial charge >= 0.3 is 6.61 Å². The molecule has 1 aromatic carbocycles. The largest absolute Gasteiger partial charge is 0.483 e. The number of carbonyl (C=O) groups is 1. The molecule has 2 aromatic heterocycles. The third kappa shape index (κ3) is 4.97. The summed E-state index contributed by atoms with van der Waals surface area (Å²) in [6.07, 6.45) is 3.16. The van der Waals surface area contributed by atoms with Crippen molar-refractivity contribution in [2.45, 2.75) is 24.5 Å². The summed E-state index contributed by atoms with van der Waals surface area (Å²) in [6.45, 7) is 0.987. The maximum Gasteiger partial charge on any atom is 0.387 e. The lowest BCUT2D eigenvalue weighted by molar-refractivity contribution is -0.122. The molecule has 9 nitrogen and oxygen atoms in total. The molecule has 0 radical (unpaired) electrons. The number of carboxylic acid groups (broad SMARTS) is 1. The minimum Gasteiger partial charge on any atom is -0.483 e. The molecule has 0 amide bonds. The molecule has 0 aliphatic carbocycles. The Balaban J connectivity index is 0.000000913. The highest BCUT2D eigenvalue weighted by atomic mass is 32.2. The first-order valence-corrected chi connectivity index (χ1v) is 11.0. The summed E-state index contributed by atoms with van der Waals surface area (Å²) in [6, 6.07) is 8.69. The molecule has 12 heteroatoms. The molecule has 2 N–H and O–H groups in total. The molecule has 3 aromatic rings. The van der Waals surface area contributed by atoms with Crippen LogP contribution in [-0.2, 0) is 14.8 Å². The predicted octanol–water partition coefficient (Wildman–Crippen LogP) is 2.37. The maximum atomic E-state index is 13.3. The molecular formula is C20H22F2N4O5S. The van der Waals surface area contributed by atoms with E-state index in [1.54, 1.807) is 24.5 Å². The van der Waals surface area contributed by atoms with Gasteiger partial charge in [0.15, 0.2) is 0 Å². The summed E-state index contributed by atoms with van der Waals surface area (Å²) in [5.74, 6) is -0.216. The van der Waals surface area contributed by atoms with E-state index < -0.39 is 16.6 Å². The highest BCUT2D eigenvalue weighted by molar-refractivity contribution is 7.90. The number of alkyl halides is 2. The topological polar surface area (TPSA) is 114 Å². The molecule has 4 rings (SSSR count). The minimum atomic E-state index is -4.05. The summed E-state index contributed by atoms with van der Waals surface area (Å²) in [7, 11) is -4.05. The fourth-order valence-electron chi connectivity index (χ4n) is 3.52. The second-order valence-electron chi connectivity index (χ2n) is 6.95. The first kappa shape index (κ1) is 23.4. The van der Waals surface area contributed by atoms with Gasteiger partial charge in [0.25, 0.3) is 16.5 Å². The molecule has 172 valence electrons. The highest BCUT2D eigenvalue weighted by Crippen LogP contribution is 2.32. The van der Waals surface area contributed by atoms with Gasteiger partial charge in [-0.2, -0.15) is 8.78 Å². The lowest BCUT2D eigenvalue weighted by atomic mass is 10.2. The summed E-state index contributed by atoms with van der Waals surface area (Å²) in [4.78, 5) is 14.7. The number of fused-ring (bicyclic) bond motifs is 1. The van der Waals surface area contributed by atoms with E-state index in [0.717, 1.165) is 28.8 Å². The van der Waals surface area contributed by atoms with Gasteiger partial charge < -0.3 is 20.1 Å². The van der Waals surface area contributed by atoms with Gasteiger partial charge in [0.1, 0.15) is 11.3 Å². The van der Waals surface area contributed by atoms with Crippen LogP contribution in [-0.4, -0.2) is 61.2 Å². The Morgan fingerprint density at radius 1 is 1.31 bits per heavy atom. The normalized spacial score (nSPS) is 16.5. The zero-order valence-corrected chi connectivity index (χ0v) is 17.9. The number of pyridine rings is 1. The van der Waals surface area contributed by atoms with Crippen molar-refractivity contribution in [3.05, 3.63) is 48.8 Å². The van der Waals surface area contributed by atoms with Crippen molar-refractivity contribution in [2.75, 3.05) is 24.5 Å². The third-order valence-electron chi connectivity index (χ3n) is 4.80. The number of benzene rings is 1. The van der Waals surface area contributed by atoms with Crippen molar-refractivity contribution in [1.82, 2.24) is 14.3 Å². The Bertz CT molecular complexity index is 1190. The molecule has 32 heavy (non-hydrogen) atoms. The quantitative estimate of drug-likeness (QED) is 0.549. The van der Waals surface area contributed by atoms with Crippen molar-refractivity contribution in [3.8, 4) is 5.75 Å². The molecule has 3 heterocycles. The average Bonchev–Trinajstić information content (AvgIpc) is 3.15. The second kappa shape index (κ2) is 9.92. The van der Waals surface area contributed by atoms with E-state index in [1.165, 1.54) is 18.2 Å². The number of ether oxygens (including phenoxy) is 1. The third-order valence-corrected chi connectivity index (χ3v) is 6.47. The average molecular weight is 468 g/mol. The molecule has 0 saturated carbocycles. The summed E-state index contributed by atoms with van der Waals surface area (Å²) in [5, 5.41) is 10.2. The van der Waals surface area contributed by atoms with Crippen molar-refractivity contribution < 1.29 is 31.8 Å². The molecule has 1 aliphatic rings.